The first-order chi connectivity index (χ1) is 12.5. The quantitative estimate of drug-likeness (QED) is 0.697. The van der Waals surface area contributed by atoms with Crippen LogP contribution in [0, 0.1) is 12.8 Å². The maximum absolute atomic E-state index is 12.5. The summed E-state index contributed by atoms with van der Waals surface area (Å²) in [6.45, 7) is 3.49. The molecule has 136 valence electrons. The van der Waals surface area contributed by atoms with Crippen LogP contribution in [0.4, 0.5) is 0 Å². The van der Waals surface area contributed by atoms with Crippen LogP contribution < -0.4 is 0 Å². The molecule has 1 aliphatic heterocycles. The van der Waals surface area contributed by atoms with Gasteiger partial charge < -0.3 is 9.64 Å². The third kappa shape index (κ3) is 4.73. The van der Waals surface area contributed by atoms with Crippen molar-refractivity contribution >= 4 is 27.8 Å². The van der Waals surface area contributed by atoms with E-state index >= 15 is 0 Å². The van der Waals surface area contributed by atoms with Crippen LogP contribution in [0.3, 0.4) is 0 Å². The first kappa shape index (κ1) is 18.6. The SMILES string of the molecule is Cc1ccc(COC(=O)C2CCN(C(=O)c3ccc(Br)cc3)CC2)cc1. The molecular formula is C21H22BrNO3. The molecule has 5 heteroatoms. The topological polar surface area (TPSA) is 46.6 Å². The number of hydrogen-bond acceptors (Lipinski definition) is 3. The lowest BCUT2D eigenvalue weighted by Crippen LogP contribution is -2.40. The van der Waals surface area contributed by atoms with Crippen molar-refractivity contribution in [3.8, 4) is 0 Å². The molecule has 2 aromatic carbocycles. The van der Waals surface area contributed by atoms with Crippen molar-refractivity contribution < 1.29 is 14.3 Å². The van der Waals surface area contributed by atoms with Gasteiger partial charge in [0.2, 0.25) is 0 Å². The number of likely N-dealkylation sites (tertiary alicyclic amines) is 1. The number of amides is 1. The van der Waals surface area contributed by atoms with E-state index in [0.29, 0.717) is 38.1 Å². The Kier molecular flexibility index (Phi) is 6.09. The second kappa shape index (κ2) is 8.49. The van der Waals surface area contributed by atoms with Gasteiger partial charge >= 0.3 is 5.97 Å². The average Bonchev–Trinajstić information content (AvgIpc) is 2.67. The van der Waals surface area contributed by atoms with E-state index < -0.39 is 0 Å². The second-order valence-electron chi connectivity index (χ2n) is 6.67. The van der Waals surface area contributed by atoms with Gasteiger partial charge in [-0.25, -0.2) is 0 Å². The summed E-state index contributed by atoms with van der Waals surface area (Å²) >= 11 is 3.37. The van der Waals surface area contributed by atoms with Crippen LogP contribution in [0.25, 0.3) is 0 Å². The molecule has 0 unspecified atom stereocenters. The van der Waals surface area contributed by atoms with Crippen molar-refractivity contribution in [1.82, 2.24) is 4.90 Å². The highest BCUT2D eigenvalue weighted by Gasteiger charge is 2.28. The van der Waals surface area contributed by atoms with Crippen molar-refractivity contribution in [2.45, 2.75) is 26.4 Å². The van der Waals surface area contributed by atoms with Crippen molar-refractivity contribution in [3.63, 3.8) is 0 Å². The fourth-order valence-corrected chi connectivity index (χ4v) is 3.31. The van der Waals surface area contributed by atoms with Crippen LogP contribution >= 0.6 is 15.9 Å². The van der Waals surface area contributed by atoms with E-state index in [0.717, 1.165) is 10.0 Å². The van der Waals surface area contributed by atoms with Gasteiger partial charge in [0.05, 0.1) is 5.92 Å². The number of ether oxygens (including phenoxy) is 1. The molecule has 1 heterocycles. The molecule has 1 amide bonds. The predicted octanol–water partition coefficient (Wildman–Crippen LogP) is 4.35. The molecule has 26 heavy (non-hydrogen) atoms. The maximum Gasteiger partial charge on any atom is 0.309 e. The lowest BCUT2D eigenvalue weighted by Gasteiger charge is -2.31. The maximum atomic E-state index is 12.5. The largest absolute Gasteiger partial charge is 0.461 e. The monoisotopic (exact) mass is 415 g/mol. The predicted molar refractivity (Wildman–Crippen MR) is 104 cm³/mol. The van der Waals surface area contributed by atoms with E-state index in [4.69, 9.17) is 4.74 Å². The molecule has 0 aromatic heterocycles. The number of aryl methyl sites for hydroxylation is 1. The zero-order valence-electron chi connectivity index (χ0n) is 14.8. The Labute approximate surface area is 162 Å². The number of carbonyl (C=O) groups excluding carboxylic acids is 2. The van der Waals surface area contributed by atoms with Crippen molar-refractivity contribution in [2.75, 3.05) is 13.1 Å². The fraction of sp³-hybridized carbons (Fsp3) is 0.333. The Morgan fingerprint density at radius 1 is 1.04 bits per heavy atom. The third-order valence-corrected chi connectivity index (χ3v) is 5.24. The number of halogens is 1. The van der Waals surface area contributed by atoms with E-state index in [2.05, 4.69) is 15.9 Å². The average molecular weight is 416 g/mol. The van der Waals surface area contributed by atoms with Crippen molar-refractivity contribution in [2.24, 2.45) is 5.92 Å². The van der Waals surface area contributed by atoms with Gasteiger partial charge in [0.25, 0.3) is 5.91 Å². The zero-order chi connectivity index (χ0) is 18.5. The molecule has 4 nitrogen and oxygen atoms in total. The Morgan fingerprint density at radius 3 is 2.27 bits per heavy atom. The molecule has 2 aromatic rings. The van der Waals surface area contributed by atoms with Gasteiger partial charge in [-0.1, -0.05) is 45.8 Å². The Balaban J connectivity index is 1.48. The van der Waals surface area contributed by atoms with E-state index in [1.807, 2.05) is 60.4 Å². The first-order valence-corrected chi connectivity index (χ1v) is 9.59. The van der Waals surface area contributed by atoms with Crippen LogP contribution in [0.15, 0.2) is 53.0 Å². The van der Waals surface area contributed by atoms with Crippen LogP contribution in [0.5, 0.6) is 0 Å². The summed E-state index contributed by atoms with van der Waals surface area (Å²) in [7, 11) is 0. The number of nitrogens with zero attached hydrogens (tertiary/aromatic N) is 1. The summed E-state index contributed by atoms with van der Waals surface area (Å²) in [5.41, 5.74) is 2.85. The van der Waals surface area contributed by atoms with Gasteiger partial charge in [0, 0.05) is 23.1 Å². The molecular weight excluding hydrogens is 394 g/mol. The zero-order valence-corrected chi connectivity index (χ0v) is 16.4. The highest BCUT2D eigenvalue weighted by molar-refractivity contribution is 9.10. The van der Waals surface area contributed by atoms with Gasteiger partial charge in [-0.15, -0.1) is 0 Å². The first-order valence-electron chi connectivity index (χ1n) is 8.80. The minimum absolute atomic E-state index is 0.0176. The minimum Gasteiger partial charge on any atom is -0.461 e. The molecule has 0 spiro atoms. The number of esters is 1. The van der Waals surface area contributed by atoms with Crippen LogP contribution in [0.1, 0.15) is 34.3 Å². The summed E-state index contributed by atoms with van der Waals surface area (Å²) < 4.78 is 6.40. The number of carbonyl (C=O) groups is 2. The fourth-order valence-electron chi connectivity index (χ4n) is 3.05. The molecule has 1 aliphatic rings. The molecule has 1 fully saturated rings. The van der Waals surface area contributed by atoms with Gasteiger partial charge in [-0.05, 0) is 49.6 Å². The lowest BCUT2D eigenvalue weighted by molar-refractivity contribution is -0.151. The summed E-state index contributed by atoms with van der Waals surface area (Å²) in [5.74, 6) is -0.278. The highest BCUT2D eigenvalue weighted by atomic mass is 79.9. The number of benzene rings is 2. The summed E-state index contributed by atoms with van der Waals surface area (Å²) in [6, 6.07) is 15.3. The molecule has 0 N–H and O–H groups in total. The lowest BCUT2D eigenvalue weighted by atomic mass is 9.96. The molecule has 0 saturated carbocycles. The third-order valence-electron chi connectivity index (χ3n) is 4.71. The second-order valence-corrected chi connectivity index (χ2v) is 7.58. The Morgan fingerprint density at radius 2 is 1.65 bits per heavy atom. The van der Waals surface area contributed by atoms with Gasteiger partial charge in [-0.2, -0.15) is 0 Å². The molecule has 0 bridgehead atoms. The van der Waals surface area contributed by atoms with Gasteiger partial charge in [0.15, 0.2) is 0 Å². The van der Waals surface area contributed by atoms with Crippen LogP contribution in [0.2, 0.25) is 0 Å². The molecule has 0 atom stereocenters. The van der Waals surface area contributed by atoms with E-state index in [1.54, 1.807) is 0 Å². The number of hydrogen-bond donors (Lipinski definition) is 0. The van der Waals surface area contributed by atoms with E-state index in [9.17, 15) is 9.59 Å². The van der Waals surface area contributed by atoms with Gasteiger partial charge in [0.1, 0.15) is 6.61 Å². The summed E-state index contributed by atoms with van der Waals surface area (Å²) in [5, 5.41) is 0. The normalized spacial score (nSPS) is 14.9. The standard InChI is InChI=1S/C21H22BrNO3/c1-15-2-4-16(5-3-15)14-26-21(25)18-10-12-23(13-11-18)20(24)17-6-8-19(22)9-7-17/h2-9,18H,10-14H2,1H3. The smallest absolute Gasteiger partial charge is 0.309 e. The minimum atomic E-state index is -0.165. The Bertz CT molecular complexity index is 763. The van der Waals surface area contributed by atoms with Gasteiger partial charge in [-0.3, -0.25) is 9.59 Å². The molecule has 0 radical (unpaired) electrons. The number of rotatable bonds is 4. The van der Waals surface area contributed by atoms with Crippen LogP contribution in [-0.4, -0.2) is 29.9 Å². The van der Waals surface area contributed by atoms with E-state index in [1.165, 1.54) is 5.56 Å². The van der Waals surface area contributed by atoms with Crippen LogP contribution in [-0.2, 0) is 16.1 Å². The molecule has 1 saturated heterocycles. The Hall–Kier alpha value is -2.14. The van der Waals surface area contributed by atoms with E-state index in [-0.39, 0.29) is 17.8 Å². The molecule has 0 aliphatic carbocycles. The number of piperidine rings is 1. The highest BCUT2D eigenvalue weighted by Crippen LogP contribution is 2.21. The van der Waals surface area contributed by atoms with Crippen molar-refractivity contribution in [3.05, 3.63) is 69.7 Å². The summed E-state index contributed by atoms with van der Waals surface area (Å²) in [4.78, 5) is 26.6. The molecule has 3 rings (SSSR count). The van der Waals surface area contributed by atoms with Crippen molar-refractivity contribution in [1.29, 1.82) is 0 Å². The summed E-state index contributed by atoms with van der Waals surface area (Å²) in [6.07, 6.45) is 1.30.